The van der Waals surface area contributed by atoms with Crippen LogP contribution in [0.2, 0.25) is 0 Å². The fourth-order valence-electron chi connectivity index (χ4n) is 3.45. The highest BCUT2D eigenvalue weighted by molar-refractivity contribution is 9.10. The molecule has 0 spiro atoms. The van der Waals surface area contributed by atoms with E-state index < -0.39 is 47.0 Å². The standard InChI is InChI=1S/C24H14BrF5O4/c1-10-5-13(33-9-14-19(26)21(28)23(30)22(29)20(14)27)8-16-18(10)24(31)17(34-16)7-11-6-12(25)3-4-15(11)32-2/h3-8H,9H2,1-2H3/b17-7-. The van der Waals surface area contributed by atoms with Crippen molar-refractivity contribution in [3.8, 4) is 17.2 Å². The second-order valence-corrected chi connectivity index (χ2v) is 8.19. The molecule has 0 fully saturated rings. The molecule has 0 unspecified atom stereocenters. The first-order valence-corrected chi connectivity index (χ1v) is 10.5. The number of ketones is 1. The van der Waals surface area contributed by atoms with E-state index in [-0.39, 0.29) is 22.8 Å². The molecule has 4 rings (SSSR count). The molecule has 0 atom stereocenters. The number of methoxy groups -OCH3 is 1. The van der Waals surface area contributed by atoms with Crippen LogP contribution in [0.1, 0.15) is 27.0 Å². The van der Waals surface area contributed by atoms with Crippen molar-refractivity contribution >= 4 is 27.8 Å². The molecular formula is C24H14BrF5O4. The van der Waals surface area contributed by atoms with Gasteiger partial charge in [0.2, 0.25) is 11.6 Å². The average molecular weight is 541 g/mol. The first-order valence-electron chi connectivity index (χ1n) is 9.68. The average Bonchev–Trinajstić information content (AvgIpc) is 3.12. The Balaban J connectivity index is 1.63. The molecule has 1 aliphatic rings. The Morgan fingerprint density at radius 2 is 1.62 bits per heavy atom. The summed E-state index contributed by atoms with van der Waals surface area (Å²) in [5.74, 6) is -10.1. The number of hydrogen-bond acceptors (Lipinski definition) is 4. The molecule has 0 radical (unpaired) electrons. The van der Waals surface area contributed by atoms with Crippen LogP contribution < -0.4 is 14.2 Å². The van der Waals surface area contributed by atoms with Gasteiger partial charge in [0.15, 0.2) is 29.0 Å². The summed E-state index contributed by atoms with van der Waals surface area (Å²) in [7, 11) is 1.48. The van der Waals surface area contributed by atoms with E-state index in [1.54, 1.807) is 25.1 Å². The summed E-state index contributed by atoms with van der Waals surface area (Å²) in [6, 6.07) is 7.90. The number of fused-ring (bicyclic) bond motifs is 1. The Morgan fingerprint density at radius 3 is 2.26 bits per heavy atom. The Labute approximate surface area is 198 Å². The van der Waals surface area contributed by atoms with Crippen molar-refractivity contribution in [3.05, 3.63) is 91.9 Å². The third-order valence-electron chi connectivity index (χ3n) is 5.11. The van der Waals surface area contributed by atoms with E-state index >= 15 is 0 Å². The van der Waals surface area contributed by atoms with Gasteiger partial charge in [-0.15, -0.1) is 0 Å². The van der Waals surface area contributed by atoms with Crippen molar-refractivity contribution in [2.75, 3.05) is 7.11 Å². The summed E-state index contributed by atoms with van der Waals surface area (Å²) in [5.41, 5.74) is 0.144. The molecule has 0 aliphatic carbocycles. The number of benzene rings is 3. The van der Waals surface area contributed by atoms with Crippen LogP contribution in [-0.4, -0.2) is 12.9 Å². The van der Waals surface area contributed by atoms with E-state index in [0.29, 0.717) is 16.9 Å². The maximum absolute atomic E-state index is 13.9. The van der Waals surface area contributed by atoms with Crippen molar-refractivity contribution in [1.29, 1.82) is 0 Å². The Kier molecular flexibility index (Phi) is 6.35. The summed E-state index contributed by atoms with van der Waals surface area (Å²) in [6.45, 7) is 0.657. The van der Waals surface area contributed by atoms with Gasteiger partial charge in [-0.3, -0.25) is 4.79 Å². The van der Waals surface area contributed by atoms with Crippen LogP contribution in [0.4, 0.5) is 22.0 Å². The zero-order chi connectivity index (χ0) is 24.7. The summed E-state index contributed by atoms with van der Waals surface area (Å²) >= 11 is 3.35. The van der Waals surface area contributed by atoms with E-state index in [1.807, 2.05) is 0 Å². The van der Waals surface area contributed by atoms with Crippen LogP contribution in [0.25, 0.3) is 6.08 Å². The summed E-state index contributed by atoms with van der Waals surface area (Å²) in [5, 5.41) is 0. The fraction of sp³-hybridized carbons (Fsp3) is 0.125. The van der Waals surface area contributed by atoms with Gasteiger partial charge in [0, 0.05) is 16.1 Å². The van der Waals surface area contributed by atoms with E-state index in [4.69, 9.17) is 14.2 Å². The van der Waals surface area contributed by atoms with E-state index in [2.05, 4.69) is 15.9 Å². The maximum atomic E-state index is 13.9. The highest BCUT2D eigenvalue weighted by Gasteiger charge is 2.31. The van der Waals surface area contributed by atoms with Crippen LogP contribution in [0.5, 0.6) is 17.2 Å². The first-order chi connectivity index (χ1) is 16.1. The summed E-state index contributed by atoms with van der Waals surface area (Å²) in [6.07, 6.45) is 1.50. The van der Waals surface area contributed by atoms with Gasteiger partial charge >= 0.3 is 0 Å². The normalized spacial score (nSPS) is 13.8. The Morgan fingerprint density at radius 1 is 0.971 bits per heavy atom. The molecule has 0 N–H and O–H groups in total. The molecule has 0 saturated carbocycles. The lowest BCUT2D eigenvalue weighted by Gasteiger charge is -2.11. The first kappa shape index (κ1) is 23.7. The second-order valence-electron chi connectivity index (χ2n) is 7.28. The molecule has 10 heteroatoms. The molecule has 3 aromatic rings. The molecule has 4 nitrogen and oxygen atoms in total. The van der Waals surface area contributed by atoms with E-state index in [1.165, 1.54) is 25.3 Å². The van der Waals surface area contributed by atoms with E-state index in [9.17, 15) is 26.7 Å². The number of allylic oxidation sites excluding steroid dienone is 1. The Bertz CT molecular complexity index is 1340. The van der Waals surface area contributed by atoms with Gasteiger partial charge in [-0.2, -0.15) is 0 Å². The van der Waals surface area contributed by atoms with Gasteiger partial charge in [-0.05, 0) is 42.8 Å². The van der Waals surface area contributed by atoms with Gasteiger partial charge in [-0.1, -0.05) is 15.9 Å². The minimum Gasteiger partial charge on any atom is -0.496 e. The quantitative estimate of drug-likeness (QED) is 0.157. The molecular weight excluding hydrogens is 527 g/mol. The zero-order valence-electron chi connectivity index (χ0n) is 17.6. The van der Waals surface area contributed by atoms with Gasteiger partial charge in [0.05, 0.1) is 18.2 Å². The fourth-order valence-corrected chi connectivity index (χ4v) is 3.83. The third-order valence-corrected chi connectivity index (χ3v) is 5.60. The Hall–Kier alpha value is -3.40. The minimum atomic E-state index is -2.25. The lowest BCUT2D eigenvalue weighted by molar-refractivity contribution is 0.101. The van der Waals surface area contributed by atoms with Gasteiger partial charge in [0.1, 0.15) is 23.9 Å². The summed E-state index contributed by atoms with van der Waals surface area (Å²) < 4.78 is 84.9. The molecule has 0 aromatic heterocycles. The molecule has 34 heavy (non-hydrogen) atoms. The monoisotopic (exact) mass is 540 g/mol. The van der Waals surface area contributed by atoms with Gasteiger partial charge < -0.3 is 14.2 Å². The number of Topliss-reactive ketones (excluding diaryl/α,β-unsaturated/α-hetero) is 1. The second kappa shape index (κ2) is 9.09. The predicted octanol–water partition coefficient (Wildman–Crippen LogP) is 6.66. The minimum absolute atomic E-state index is 0.00594. The maximum Gasteiger partial charge on any atom is 0.232 e. The number of rotatable bonds is 5. The van der Waals surface area contributed by atoms with Crippen LogP contribution in [0, 0.1) is 36.0 Å². The molecule has 0 bridgehead atoms. The van der Waals surface area contributed by atoms with Crippen LogP contribution in [0.3, 0.4) is 0 Å². The van der Waals surface area contributed by atoms with Crippen molar-refractivity contribution < 1.29 is 41.0 Å². The molecule has 1 heterocycles. The number of halogens is 6. The zero-order valence-corrected chi connectivity index (χ0v) is 19.2. The highest BCUT2D eigenvalue weighted by Crippen LogP contribution is 2.39. The molecule has 176 valence electrons. The smallest absolute Gasteiger partial charge is 0.232 e. The lowest BCUT2D eigenvalue weighted by atomic mass is 10.0. The summed E-state index contributed by atoms with van der Waals surface area (Å²) in [4.78, 5) is 12.9. The van der Waals surface area contributed by atoms with Crippen molar-refractivity contribution in [2.24, 2.45) is 0 Å². The lowest BCUT2D eigenvalue weighted by Crippen LogP contribution is -2.10. The van der Waals surface area contributed by atoms with Crippen molar-refractivity contribution in [2.45, 2.75) is 13.5 Å². The highest BCUT2D eigenvalue weighted by atomic mass is 79.9. The molecule has 0 saturated heterocycles. The predicted molar refractivity (Wildman–Crippen MR) is 115 cm³/mol. The van der Waals surface area contributed by atoms with Crippen LogP contribution >= 0.6 is 15.9 Å². The van der Waals surface area contributed by atoms with Gasteiger partial charge in [0.25, 0.3) is 0 Å². The molecule has 3 aromatic carbocycles. The van der Waals surface area contributed by atoms with Gasteiger partial charge in [-0.25, -0.2) is 22.0 Å². The van der Waals surface area contributed by atoms with Crippen LogP contribution in [0.15, 0.2) is 40.6 Å². The topological polar surface area (TPSA) is 44.8 Å². The number of hydrogen-bond donors (Lipinski definition) is 0. The number of carbonyl (C=O) groups excluding carboxylic acids is 1. The molecule has 1 aliphatic heterocycles. The third kappa shape index (κ3) is 4.13. The van der Waals surface area contributed by atoms with E-state index in [0.717, 1.165) is 4.47 Å². The SMILES string of the molecule is COc1ccc(Br)cc1/C=C1\Oc2cc(OCc3c(F)c(F)c(F)c(F)c3F)cc(C)c2C1=O. The largest absolute Gasteiger partial charge is 0.496 e. The van der Waals surface area contributed by atoms with Crippen LogP contribution in [-0.2, 0) is 6.61 Å². The van der Waals surface area contributed by atoms with Crippen molar-refractivity contribution in [1.82, 2.24) is 0 Å². The molecule has 0 amide bonds. The van der Waals surface area contributed by atoms with Crippen molar-refractivity contribution in [3.63, 3.8) is 0 Å². The number of aryl methyl sites for hydroxylation is 1. The number of ether oxygens (including phenoxy) is 3. The number of carbonyl (C=O) groups is 1.